The minimum absolute atomic E-state index is 0.0301. The minimum Gasteiger partial charge on any atom is -0.462 e. The molecule has 2 aromatic rings. The summed E-state index contributed by atoms with van der Waals surface area (Å²) in [6, 6.07) is 7.27. The fourth-order valence-electron chi connectivity index (χ4n) is 2.74. The maximum Gasteiger partial charge on any atom is 0.348 e. The highest BCUT2D eigenvalue weighted by atomic mass is 32.1. The van der Waals surface area contributed by atoms with E-state index in [1.807, 2.05) is 12.1 Å². The smallest absolute Gasteiger partial charge is 0.348 e. The second-order valence-corrected chi connectivity index (χ2v) is 8.67. The number of nitrogens with one attached hydrogen (secondary N) is 1. The first-order valence-electron chi connectivity index (χ1n) is 9.60. The van der Waals surface area contributed by atoms with Crippen molar-refractivity contribution in [1.82, 2.24) is 0 Å². The van der Waals surface area contributed by atoms with E-state index in [9.17, 15) is 14.4 Å². The number of thiophene rings is 1. The highest BCUT2D eigenvalue weighted by molar-refractivity contribution is 7.18. The van der Waals surface area contributed by atoms with E-state index in [1.54, 1.807) is 26.0 Å². The van der Waals surface area contributed by atoms with Gasteiger partial charge in [0.15, 0.2) is 0 Å². The average Bonchev–Trinajstić information content (AvgIpc) is 3.01. The van der Waals surface area contributed by atoms with Crippen molar-refractivity contribution in [2.24, 2.45) is 0 Å². The van der Waals surface area contributed by atoms with Crippen LogP contribution < -0.4 is 5.32 Å². The molecule has 6 nitrogen and oxygen atoms in total. The molecule has 160 valence electrons. The standard InChI is InChI=1S/C23H27NO5S/c1-7-13-29-22(27)18-14(3)17(21(26)28-8-2)20(30-18)24-19(25)15-9-11-16(12-10-15)23(4,5)6/h7,9-12H,1,8,13H2,2-6H3,(H,24,25). The van der Waals surface area contributed by atoms with Crippen molar-refractivity contribution in [2.45, 2.75) is 40.0 Å². The van der Waals surface area contributed by atoms with Crippen LogP contribution in [0.15, 0.2) is 36.9 Å². The monoisotopic (exact) mass is 429 g/mol. The summed E-state index contributed by atoms with van der Waals surface area (Å²) in [5, 5.41) is 3.00. The van der Waals surface area contributed by atoms with Gasteiger partial charge in [-0.3, -0.25) is 4.79 Å². The third-order valence-electron chi connectivity index (χ3n) is 4.38. The molecule has 0 aliphatic rings. The van der Waals surface area contributed by atoms with Gasteiger partial charge in [-0.15, -0.1) is 11.3 Å². The summed E-state index contributed by atoms with van der Waals surface area (Å²) in [5.74, 6) is -1.57. The summed E-state index contributed by atoms with van der Waals surface area (Å²) in [6.07, 6.45) is 1.46. The summed E-state index contributed by atoms with van der Waals surface area (Å²) in [6.45, 7) is 13.3. The Kier molecular flexibility index (Phi) is 7.56. The van der Waals surface area contributed by atoms with Crippen molar-refractivity contribution in [1.29, 1.82) is 0 Å². The molecule has 0 bridgehead atoms. The van der Waals surface area contributed by atoms with Crippen LogP contribution in [-0.4, -0.2) is 31.1 Å². The highest BCUT2D eigenvalue weighted by Crippen LogP contribution is 2.34. The third kappa shape index (κ3) is 5.36. The Labute approximate surface area is 180 Å². The number of amides is 1. The van der Waals surface area contributed by atoms with Crippen LogP contribution in [0.25, 0.3) is 0 Å². The average molecular weight is 430 g/mol. The van der Waals surface area contributed by atoms with E-state index < -0.39 is 11.9 Å². The highest BCUT2D eigenvalue weighted by Gasteiger charge is 2.27. The Bertz CT molecular complexity index is 951. The Balaban J connectivity index is 2.36. The Hall–Kier alpha value is -2.93. The molecule has 0 spiro atoms. The topological polar surface area (TPSA) is 81.7 Å². The third-order valence-corrected chi connectivity index (χ3v) is 5.57. The predicted octanol–water partition coefficient (Wildman–Crippen LogP) is 5.13. The van der Waals surface area contributed by atoms with Gasteiger partial charge < -0.3 is 14.8 Å². The summed E-state index contributed by atoms with van der Waals surface area (Å²) >= 11 is 0.988. The fourth-order valence-corrected chi connectivity index (χ4v) is 3.83. The molecule has 1 amide bonds. The quantitative estimate of drug-likeness (QED) is 0.488. The second kappa shape index (κ2) is 9.71. The van der Waals surface area contributed by atoms with Crippen LogP contribution in [-0.2, 0) is 14.9 Å². The van der Waals surface area contributed by atoms with Crippen molar-refractivity contribution in [3.05, 3.63) is 64.1 Å². The zero-order chi connectivity index (χ0) is 22.5. The Morgan fingerprint density at radius 3 is 2.27 bits per heavy atom. The molecule has 0 radical (unpaired) electrons. The normalized spacial score (nSPS) is 11.0. The molecule has 0 saturated heterocycles. The number of rotatable bonds is 7. The lowest BCUT2D eigenvalue weighted by atomic mass is 9.87. The van der Waals surface area contributed by atoms with Crippen LogP contribution in [0.2, 0.25) is 0 Å². The van der Waals surface area contributed by atoms with Gasteiger partial charge in [-0.1, -0.05) is 45.6 Å². The van der Waals surface area contributed by atoms with Crippen molar-refractivity contribution < 1.29 is 23.9 Å². The zero-order valence-corrected chi connectivity index (χ0v) is 18.8. The fraction of sp³-hybridized carbons (Fsp3) is 0.348. The van der Waals surface area contributed by atoms with Crippen LogP contribution in [0.1, 0.15) is 69.2 Å². The molecule has 0 fully saturated rings. The lowest BCUT2D eigenvalue weighted by Gasteiger charge is -2.19. The largest absolute Gasteiger partial charge is 0.462 e. The molecular formula is C23H27NO5S. The van der Waals surface area contributed by atoms with E-state index >= 15 is 0 Å². The molecule has 30 heavy (non-hydrogen) atoms. The van der Waals surface area contributed by atoms with Crippen LogP contribution >= 0.6 is 11.3 Å². The van der Waals surface area contributed by atoms with E-state index in [1.165, 1.54) is 6.08 Å². The van der Waals surface area contributed by atoms with Gasteiger partial charge in [0.05, 0.1) is 12.2 Å². The molecule has 0 saturated carbocycles. The number of carbonyl (C=O) groups is 3. The summed E-state index contributed by atoms with van der Waals surface area (Å²) in [5.41, 5.74) is 2.08. The first-order chi connectivity index (χ1) is 14.1. The van der Waals surface area contributed by atoms with Gasteiger partial charge in [-0.25, -0.2) is 9.59 Å². The van der Waals surface area contributed by atoms with Crippen LogP contribution in [0.3, 0.4) is 0 Å². The van der Waals surface area contributed by atoms with Gasteiger partial charge in [0.2, 0.25) is 0 Å². The first-order valence-corrected chi connectivity index (χ1v) is 10.4. The maximum atomic E-state index is 12.8. The van der Waals surface area contributed by atoms with Crippen molar-refractivity contribution in [3.8, 4) is 0 Å². The first kappa shape index (κ1) is 23.3. The lowest BCUT2D eigenvalue weighted by Crippen LogP contribution is -2.16. The van der Waals surface area contributed by atoms with E-state index in [0.29, 0.717) is 11.1 Å². The molecule has 0 aliphatic carbocycles. The van der Waals surface area contributed by atoms with Gasteiger partial charge in [0.1, 0.15) is 16.5 Å². The zero-order valence-electron chi connectivity index (χ0n) is 18.0. The molecule has 2 rings (SSSR count). The number of ether oxygens (including phenoxy) is 2. The van der Waals surface area contributed by atoms with Gasteiger partial charge in [-0.2, -0.15) is 0 Å². The predicted molar refractivity (Wildman–Crippen MR) is 119 cm³/mol. The maximum absolute atomic E-state index is 12.8. The van der Waals surface area contributed by atoms with E-state index in [4.69, 9.17) is 9.47 Å². The SMILES string of the molecule is C=CCOC(=O)c1sc(NC(=O)c2ccc(C(C)(C)C)cc2)c(C(=O)OCC)c1C. The lowest BCUT2D eigenvalue weighted by molar-refractivity contribution is 0.0527. The van der Waals surface area contributed by atoms with Gasteiger partial charge in [0.25, 0.3) is 5.91 Å². The number of anilines is 1. The molecule has 0 atom stereocenters. The van der Waals surface area contributed by atoms with Crippen molar-refractivity contribution in [2.75, 3.05) is 18.5 Å². The summed E-state index contributed by atoms with van der Waals surface area (Å²) in [4.78, 5) is 37.8. The van der Waals surface area contributed by atoms with Crippen molar-refractivity contribution >= 4 is 34.2 Å². The number of benzene rings is 1. The molecule has 7 heteroatoms. The molecule has 0 unspecified atom stereocenters. The molecular weight excluding hydrogens is 402 g/mol. The molecule has 0 aliphatic heterocycles. The Morgan fingerprint density at radius 1 is 1.10 bits per heavy atom. The van der Waals surface area contributed by atoms with Crippen LogP contribution in [0, 0.1) is 6.92 Å². The van der Waals surface area contributed by atoms with Gasteiger partial charge in [0, 0.05) is 5.56 Å². The molecule has 1 N–H and O–H groups in total. The summed E-state index contributed by atoms with van der Waals surface area (Å²) in [7, 11) is 0. The van der Waals surface area contributed by atoms with Crippen LogP contribution in [0.4, 0.5) is 5.00 Å². The van der Waals surface area contributed by atoms with Crippen LogP contribution in [0.5, 0.6) is 0 Å². The molecule has 1 aromatic carbocycles. The van der Waals surface area contributed by atoms with E-state index in [-0.39, 0.29) is 40.0 Å². The second-order valence-electron chi connectivity index (χ2n) is 7.65. The van der Waals surface area contributed by atoms with Gasteiger partial charge in [-0.05, 0) is 42.5 Å². The van der Waals surface area contributed by atoms with Gasteiger partial charge >= 0.3 is 11.9 Å². The number of esters is 2. The molecule has 1 aromatic heterocycles. The number of hydrogen-bond acceptors (Lipinski definition) is 6. The number of carbonyl (C=O) groups excluding carboxylic acids is 3. The van der Waals surface area contributed by atoms with E-state index in [2.05, 4.69) is 32.7 Å². The molecule has 1 heterocycles. The minimum atomic E-state index is -0.604. The number of hydrogen-bond donors (Lipinski definition) is 1. The Morgan fingerprint density at radius 2 is 1.73 bits per heavy atom. The van der Waals surface area contributed by atoms with Crippen molar-refractivity contribution in [3.63, 3.8) is 0 Å². The van der Waals surface area contributed by atoms with E-state index in [0.717, 1.165) is 16.9 Å². The summed E-state index contributed by atoms with van der Waals surface area (Å²) < 4.78 is 10.2.